The van der Waals surface area contributed by atoms with Gasteiger partial charge in [-0.05, 0) is 24.8 Å². The minimum Gasteiger partial charge on any atom is -0.480 e. The molecule has 0 saturated heterocycles. The van der Waals surface area contributed by atoms with Crippen molar-refractivity contribution in [3.63, 3.8) is 0 Å². The molecule has 0 bridgehead atoms. The minimum absolute atomic E-state index is 0.0209. The van der Waals surface area contributed by atoms with Crippen molar-refractivity contribution >= 4 is 29.2 Å². The lowest BCUT2D eigenvalue weighted by Gasteiger charge is -2.23. The third-order valence-corrected chi connectivity index (χ3v) is 3.73. The maximum Gasteiger partial charge on any atom is 0.326 e. The molecular weight excluding hydrogens is 294 g/mol. The third-order valence-electron chi connectivity index (χ3n) is 2.87. The van der Waals surface area contributed by atoms with Crippen LogP contribution in [0, 0.1) is 0 Å². The first-order valence-electron chi connectivity index (χ1n) is 6.53. The molecule has 0 aliphatic heterocycles. The van der Waals surface area contributed by atoms with Crippen molar-refractivity contribution in [2.75, 3.05) is 6.54 Å². The topological polar surface area (TPSA) is 113 Å². The van der Waals surface area contributed by atoms with Gasteiger partial charge in [0, 0.05) is 17.8 Å². The Morgan fingerprint density at radius 3 is 2.67 bits per heavy atom. The first-order chi connectivity index (χ1) is 9.93. The number of amides is 3. The van der Waals surface area contributed by atoms with E-state index in [1.807, 2.05) is 24.4 Å². The van der Waals surface area contributed by atoms with Crippen molar-refractivity contribution in [1.29, 1.82) is 0 Å². The van der Waals surface area contributed by atoms with Crippen molar-refractivity contribution in [3.8, 4) is 0 Å². The van der Waals surface area contributed by atoms with Gasteiger partial charge in [0.25, 0.3) is 0 Å². The molecule has 21 heavy (non-hydrogen) atoms. The van der Waals surface area contributed by atoms with E-state index in [2.05, 4.69) is 5.32 Å². The Labute approximate surface area is 126 Å². The quantitative estimate of drug-likeness (QED) is 0.664. The fraction of sp³-hybridized carbons (Fsp3) is 0.462. The number of aliphatic carboxylic acids is 1. The van der Waals surface area contributed by atoms with Gasteiger partial charge >= 0.3 is 12.0 Å². The van der Waals surface area contributed by atoms with Gasteiger partial charge in [0.15, 0.2) is 0 Å². The molecule has 0 radical (unpaired) electrons. The standard InChI is InChI=1S/C13H19N3O4S/c1-2-16(8-9-4-3-7-21-9)13(20)15-10(12(18)19)5-6-11(14)17/h3-4,7,10H,2,5-6,8H2,1H3,(H2,14,17)(H,15,20)(H,18,19)/t10-/m0/s1. The number of hydrogen-bond donors (Lipinski definition) is 3. The molecule has 0 saturated carbocycles. The van der Waals surface area contributed by atoms with Crippen LogP contribution < -0.4 is 11.1 Å². The molecule has 8 heteroatoms. The summed E-state index contributed by atoms with van der Waals surface area (Å²) < 4.78 is 0. The number of carbonyl (C=O) groups excluding carboxylic acids is 2. The van der Waals surface area contributed by atoms with Crippen LogP contribution in [0.5, 0.6) is 0 Å². The Kier molecular flexibility index (Phi) is 6.67. The highest BCUT2D eigenvalue weighted by Crippen LogP contribution is 2.12. The first-order valence-corrected chi connectivity index (χ1v) is 7.41. The summed E-state index contributed by atoms with van der Waals surface area (Å²) in [5.74, 6) is -1.78. The molecule has 0 aliphatic rings. The highest BCUT2D eigenvalue weighted by Gasteiger charge is 2.23. The van der Waals surface area contributed by atoms with Crippen LogP contribution >= 0.6 is 11.3 Å². The molecule has 4 N–H and O–H groups in total. The molecule has 1 atom stereocenters. The summed E-state index contributed by atoms with van der Waals surface area (Å²) in [6, 6.07) is 2.20. The normalized spacial score (nSPS) is 11.7. The Hall–Kier alpha value is -2.09. The number of nitrogens with one attached hydrogen (secondary N) is 1. The molecule has 1 aromatic rings. The van der Waals surface area contributed by atoms with E-state index in [0.717, 1.165) is 4.88 Å². The molecule has 0 fully saturated rings. The number of carbonyl (C=O) groups is 3. The van der Waals surface area contributed by atoms with Crippen molar-refractivity contribution < 1.29 is 19.5 Å². The number of thiophene rings is 1. The number of nitrogens with zero attached hydrogens (tertiary/aromatic N) is 1. The fourth-order valence-electron chi connectivity index (χ4n) is 1.70. The maximum absolute atomic E-state index is 12.1. The first kappa shape index (κ1) is 17.0. The molecule has 0 unspecified atom stereocenters. The van der Waals surface area contributed by atoms with E-state index >= 15 is 0 Å². The Morgan fingerprint density at radius 1 is 1.48 bits per heavy atom. The van der Waals surface area contributed by atoms with Crippen LogP contribution in [-0.4, -0.2) is 40.5 Å². The van der Waals surface area contributed by atoms with E-state index < -0.39 is 23.9 Å². The summed E-state index contributed by atoms with van der Waals surface area (Å²) in [7, 11) is 0. The average Bonchev–Trinajstić information content (AvgIpc) is 2.92. The fourth-order valence-corrected chi connectivity index (χ4v) is 2.42. The lowest BCUT2D eigenvalue weighted by molar-refractivity contribution is -0.139. The van der Waals surface area contributed by atoms with Crippen LogP contribution in [0.15, 0.2) is 17.5 Å². The summed E-state index contributed by atoms with van der Waals surface area (Å²) in [6.45, 7) is 2.68. The Balaban J connectivity index is 2.61. The third kappa shape index (κ3) is 5.82. The molecular formula is C13H19N3O4S. The Morgan fingerprint density at radius 2 is 2.19 bits per heavy atom. The van der Waals surface area contributed by atoms with Crippen LogP contribution in [-0.2, 0) is 16.1 Å². The number of rotatable bonds is 8. The predicted molar refractivity (Wildman–Crippen MR) is 78.8 cm³/mol. The van der Waals surface area contributed by atoms with Crippen molar-refractivity contribution in [2.24, 2.45) is 5.73 Å². The number of urea groups is 1. The highest BCUT2D eigenvalue weighted by molar-refractivity contribution is 7.09. The minimum atomic E-state index is -1.18. The van der Waals surface area contributed by atoms with Gasteiger partial charge in [0.2, 0.25) is 5.91 Å². The van der Waals surface area contributed by atoms with Crippen LogP contribution in [0.1, 0.15) is 24.6 Å². The van der Waals surface area contributed by atoms with Gasteiger partial charge < -0.3 is 21.1 Å². The van der Waals surface area contributed by atoms with Gasteiger partial charge in [-0.1, -0.05) is 6.07 Å². The summed E-state index contributed by atoms with van der Waals surface area (Å²) >= 11 is 1.52. The largest absolute Gasteiger partial charge is 0.480 e. The van der Waals surface area contributed by atoms with Gasteiger partial charge in [-0.3, -0.25) is 4.79 Å². The zero-order valence-corrected chi connectivity index (χ0v) is 12.6. The van der Waals surface area contributed by atoms with E-state index in [1.54, 1.807) is 0 Å². The van der Waals surface area contributed by atoms with Gasteiger partial charge in [-0.25, -0.2) is 9.59 Å². The summed E-state index contributed by atoms with van der Waals surface area (Å²) in [5, 5.41) is 13.4. The summed E-state index contributed by atoms with van der Waals surface area (Å²) in [6.07, 6.45) is -0.110. The lowest BCUT2D eigenvalue weighted by atomic mass is 10.1. The monoisotopic (exact) mass is 313 g/mol. The second kappa shape index (κ2) is 8.25. The van der Waals surface area contributed by atoms with Crippen molar-refractivity contribution in [2.45, 2.75) is 32.4 Å². The van der Waals surface area contributed by atoms with E-state index in [4.69, 9.17) is 10.8 Å². The van der Waals surface area contributed by atoms with Crippen LogP contribution in [0.3, 0.4) is 0 Å². The molecule has 1 rings (SSSR count). The number of nitrogens with two attached hydrogens (primary N) is 1. The van der Waals surface area contributed by atoms with Gasteiger partial charge in [-0.15, -0.1) is 11.3 Å². The molecule has 7 nitrogen and oxygen atoms in total. The second-order valence-corrected chi connectivity index (χ2v) is 5.47. The van der Waals surface area contributed by atoms with Gasteiger partial charge in [-0.2, -0.15) is 0 Å². The predicted octanol–water partition coefficient (Wildman–Crippen LogP) is 0.998. The van der Waals surface area contributed by atoms with Crippen LogP contribution in [0.4, 0.5) is 4.79 Å². The number of hydrogen-bond acceptors (Lipinski definition) is 4. The molecule has 1 aromatic heterocycles. The number of carboxylic acids is 1. The van der Waals surface area contributed by atoms with Crippen molar-refractivity contribution in [3.05, 3.63) is 22.4 Å². The highest BCUT2D eigenvalue weighted by atomic mass is 32.1. The van der Waals surface area contributed by atoms with E-state index in [0.29, 0.717) is 13.1 Å². The average molecular weight is 313 g/mol. The number of carboxylic acid groups (broad SMARTS) is 1. The van der Waals surface area contributed by atoms with Crippen molar-refractivity contribution in [1.82, 2.24) is 10.2 Å². The zero-order valence-electron chi connectivity index (χ0n) is 11.7. The van der Waals surface area contributed by atoms with E-state index in [9.17, 15) is 14.4 Å². The molecule has 3 amide bonds. The molecule has 0 aliphatic carbocycles. The maximum atomic E-state index is 12.1. The Bertz CT molecular complexity index is 490. The second-order valence-electron chi connectivity index (χ2n) is 4.44. The lowest BCUT2D eigenvalue weighted by Crippen LogP contribution is -2.47. The SMILES string of the molecule is CCN(Cc1cccs1)C(=O)N[C@@H](CCC(N)=O)C(=O)O. The zero-order chi connectivity index (χ0) is 15.8. The van der Waals surface area contributed by atoms with Crippen LogP contribution in [0.25, 0.3) is 0 Å². The van der Waals surface area contributed by atoms with E-state index in [1.165, 1.54) is 16.2 Å². The molecule has 116 valence electrons. The van der Waals surface area contributed by atoms with Gasteiger partial charge in [0.05, 0.1) is 6.54 Å². The smallest absolute Gasteiger partial charge is 0.326 e. The number of primary amides is 1. The van der Waals surface area contributed by atoms with Gasteiger partial charge in [0.1, 0.15) is 6.04 Å². The molecule has 1 heterocycles. The van der Waals surface area contributed by atoms with E-state index in [-0.39, 0.29) is 12.8 Å². The molecule has 0 aromatic carbocycles. The summed E-state index contributed by atoms with van der Waals surface area (Å²) in [5.41, 5.74) is 4.99. The van der Waals surface area contributed by atoms with Crippen LogP contribution in [0.2, 0.25) is 0 Å². The summed E-state index contributed by atoms with van der Waals surface area (Å²) in [4.78, 5) is 36.4. The molecule has 0 spiro atoms.